The first-order valence-electron chi connectivity index (χ1n) is 6.54. The van der Waals surface area contributed by atoms with E-state index in [2.05, 4.69) is 9.97 Å². The standard InChI is InChI=1S/C13H16F3N3O2/c1-8(2)9-5-10(18-7-17-9)19-4-3-12(6-19,11(20)21)13(14,15)16/h5,7-8H,3-4,6H2,1-2H3,(H,20,21). The maximum atomic E-state index is 13.1. The van der Waals surface area contributed by atoms with Crippen LogP contribution in [0.1, 0.15) is 31.9 Å². The molecule has 21 heavy (non-hydrogen) atoms. The van der Waals surface area contributed by atoms with E-state index in [9.17, 15) is 18.0 Å². The Hall–Kier alpha value is -1.86. The normalized spacial score (nSPS) is 22.9. The van der Waals surface area contributed by atoms with E-state index >= 15 is 0 Å². The third-order valence-corrected chi connectivity index (χ3v) is 3.81. The Morgan fingerprint density at radius 2 is 2.10 bits per heavy atom. The molecule has 5 nitrogen and oxygen atoms in total. The Balaban J connectivity index is 2.30. The summed E-state index contributed by atoms with van der Waals surface area (Å²) in [7, 11) is 0. The molecule has 2 heterocycles. The molecule has 1 aliphatic rings. The fourth-order valence-corrected chi connectivity index (χ4v) is 2.38. The molecule has 0 spiro atoms. The van der Waals surface area contributed by atoms with Crippen molar-refractivity contribution in [2.75, 3.05) is 18.0 Å². The number of halogens is 3. The molecule has 0 bridgehead atoms. The van der Waals surface area contributed by atoms with E-state index < -0.39 is 30.5 Å². The number of alkyl halides is 3. The van der Waals surface area contributed by atoms with E-state index in [1.165, 1.54) is 11.2 Å². The first-order chi connectivity index (χ1) is 9.67. The zero-order chi connectivity index (χ0) is 15.8. The average molecular weight is 303 g/mol. The van der Waals surface area contributed by atoms with Crippen molar-refractivity contribution < 1.29 is 23.1 Å². The highest BCUT2D eigenvalue weighted by Crippen LogP contribution is 2.46. The molecule has 0 saturated carbocycles. The van der Waals surface area contributed by atoms with Crippen LogP contribution in [0, 0.1) is 5.41 Å². The molecule has 116 valence electrons. The number of nitrogens with zero attached hydrogens (tertiary/aromatic N) is 3. The Labute approximate surface area is 119 Å². The molecule has 1 atom stereocenters. The van der Waals surface area contributed by atoms with Gasteiger partial charge < -0.3 is 10.0 Å². The molecule has 0 amide bonds. The van der Waals surface area contributed by atoms with Crippen molar-refractivity contribution in [3.8, 4) is 0 Å². The van der Waals surface area contributed by atoms with Crippen LogP contribution in [-0.2, 0) is 4.79 Å². The maximum absolute atomic E-state index is 13.1. The highest BCUT2D eigenvalue weighted by atomic mass is 19.4. The molecule has 1 N–H and O–H groups in total. The number of hydrogen-bond acceptors (Lipinski definition) is 4. The van der Waals surface area contributed by atoms with Crippen LogP contribution in [-0.4, -0.2) is 40.3 Å². The van der Waals surface area contributed by atoms with Gasteiger partial charge >= 0.3 is 12.1 Å². The number of aliphatic carboxylic acids is 1. The van der Waals surface area contributed by atoms with Crippen LogP contribution in [0.25, 0.3) is 0 Å². The number of aromatic nitrogens is 2. The Morgan fingerprint density at radius 1 is 1.43 bits per heavy atom. The molecule has 0 aliphatic carbocycles. The van der Waals surface area contributed by atoms with Crippen molar-refractivity contribution in [3.63, 3.8) is 0 Å². The van der Waals surface area contributed by atoms with Gasteiger partial charge in [0.05, 0.1) is 0 Å². The van der Waals surface area contributed by atoms with Gasteiger partial charge in [-0.2, -0.15) is 13.2 Å². The summed E-state index contributed by atoms with van der Waals surface area (Å²) >= 11 is 0. The quantitative estimate of drug-likeness (QED) is 0.929. The second-order valence-corrected chi connectivity index (χ2v) is 5.51. The minimum atomic E-state index is -4.79. The zero-order valence-corrected chi connectivity index (χ0v) is 11.7. The summed E-state index contributed by atoms with van der Waals surface area (Å²) in [5.41, 5.74) is -2.02. The predicted octanol–water partition coefficient (Wildman–Crippen LogP) is 2.44. The van der Waals surface area contributed by atoms with Crippen LogP contribution in [0.2, 0.25) is 0 Å². The number of hydrogen-bond donors (Lipinski definition) is 1. The molecular weight excluding hydrogens is 287 g/mol. The molecule has 1 saturated heterocycles. The second-order valence-electron chi connectivity index (χ2n) is 5.51. The molecule has 1 aliphatic heterocycles. The highest BCUT2D eigenvalue weighted by molar-refractivity contribution is 5.77. The molecule has 8 heteroatoms. The average Bonchev–Trinajstić information content (AvgIpc) is 2.84. The maximum Gasteiger partial charge on any atom is 0.406 e. The van der Waals surface area contributed by atoms with Gasteiger partial charge in [0.15, 0.2) is 5.41 Å². The van der Waals surface area contributed by atoms with Crippen LogP contribution in [0.5, 0.6) is 0 Å². The summed E-state index contributed by atoms with van der Waals surface area (Å²) in [6, 6.07) is 1.61. The van der Waals surface area contributed by atoms with E-state index in [0.29, 0.717) is 11.5 Å². The van der Waals surface area contributed by atoms with Crippen molar-refractivity contribution in [2.45, 2.75) is 32.4 Å². The van der Waals surface area contributed by atoms with Gasteiger partial charge in [-0.25, -0.2) is 9.97 Å². The number of rotatable bonds is 3. The lowest BCUT2D eigenvalue weighted by Crippen LogP contribution is -2.47. The lowest BCUT2D eigenvalue weighted by Gasteiger charge is -2.27. The first-order valence-corrected chi connectivity index (χ1v) is 6.54. The third-order valence-electron chi connectivity index (χ3n) is 3.81. The number of carboxylic acids is 1. The van der Waals surface area contributed by atoms with Gasteiger partial charge in [0.25, 0.3) is 0 Å². The summed E-state index contributed by atoms with van der Waals surface area (Å²) in [5.74, 6) is -1.39. The monoisotopic (exact) mass is 303 g/mol. The van der Waals surface area contributed by atoms with Gasteiger partial charge in [0.2, 0.25) is 0 Å². The topological polar surface area (TPSA) is 66.3 Å². The minimum Gasteiger partial charge on any atom is -0.481 e. The molecular formula is C13H16F3N3O2. The first kappa shape index (κ1) is 15.5. The number of carbonyl (C=O) groups is 1. The van der Waals surface area contributed by atoms with Gasteiger partial charge in [0, 0.05) is 24.8 Å². The van der Waals surface area contributed by atoms with Crippen LogP contribution >= 0.6 is 0 Å². The molecule has 1 unspecified atom stereocenters. The number of carboxylic acid groups (broad SMARTS) is 1. The summed E-state index contributed by atoms with van der Waals surface area (Å²) in [6.45, 7) is 3.20. The molecule has 1 aromatic rings. The van der Waals surface area contributed by atoms with Gasteiger partial charge in [-0.1, -0.05) is 13.8 Å². The van der Waals surface area contributed by atoms with E-state index in [1.54, 1.807) is 6.07 Å². The summed E-state index contributed by atoms with van der Waals surface area (Å²) in [5, 5.41) is 9.03. The van der Waals surface area contributed by atoms with Crippen LogP contribution < -0.4 is 4.90 Å². The van der Waals surface area contributed by atoms with E-state index in [4.69, 9.17) is 5.11 Å². The van der Waals surface area contributed by atoms with E-state index in [0.717, 1.165) is 0 Å². The predicted molar refractivity (Wildman–Crippen MR) is 69.1 cm³/mol. The summed E-state index contributed by atoms with van der Waals surface area (Å²) in [4.78, 5) is 20.5. The van der Waals surface area contributed by atoms with E-state index in [-0.39, 0.29) is 12.5 Å². The molecule has 0 aromatic carbocycles. The zero-order valence-electron chi connectivity index (χ0n) is 11.7. The van der Waals surface area contributed by atoms with Crippen LogP contribution in [0.15, 0.2) is 12.4 Å². The summed E-state index contributed by atoms with van der Waals surface area (Å²) < 4.78 is 39.4. The summed E-state index contributed by atoms with van der Waals surface area (Å²) in [6.07, 6.45) is -3.98. The van der Waals surface area contributed by atoms with Crippen LogP contribution in [0.4, 0.5) is 19.0 Å². The fourth-order valence-electron chi connectivity index (χ4n) is 2.38. The Morgan fingerprint density at radius 3 is 2.57 bits per heavy atom. The van der Waals surface area contributed by atoms with Crippen molar-refractivity contribution >= 4 is 11.8 Å². The minimum absolute atomic E-state index is 0.000356. The lowest BCUT2D eigenvalue weighted by atomic mass is 9.86. The van der Waals surface area contributed by atoms with Crippen molar-refractivity contribution in [1.82, 2.24) is 9.97 Å². The molecule has 2 rings (SSSR count). The van der Waals surface area contributed by atoms with Gasteiger partial charge in [-0.15, -0.1) is 0 Å². The van der Waals surface area contributed by atoms with Crippen molar-refractivity contribution in [3.05, 3.63) is 18.1 Å². The highest BCUT2D eigenvalue weighted by Gasteiger charge is 2.63. The van der Waals surface area contributed by atoms with Gasteiger partial charge in [0.1, 0.15) is 12.1 Å². The van der Waals surface area contributed by atoms with Crippen molar-refractivity contribution in [2.24, 2.45) is 5.41 Å². The molecule has 1 fully saturated rings. The Bertz CT molecular complexity index is 548. The van der Waals surface area contributed by atoms with Gasteiger partial charge in [-0.05, 0) is 12.3 Å². The smallest absolute Gasteiger partial charge is 0.406 e. The second kappa shape index (κ2) is 5.16. The third kappa shape index (κ3) is 2.66. The van der Waals surface area contributed by atoms with Crippen molar-refractivity contribution in [1.29, 1.82) is 0 Å². The largest absolute Gasteiger partial charge is 0.481 e. The van der Waals surface area contributed by atoms with Crippen LogP contribution in [0.3, 0.4) is 0 Å². The fraction of sp³-hybridized carbons (Fsp3) is 0.615. The molecule has 1 aromatic heterocycles. The Kier molecular flexibility index (Phi) is 3.81. The number of anilines is 1. The lowest BCUT2D eigenvalue weighted by molar-refractivity contribution is -0.225. The van der Waals surface area contributed by atoms with E-state index in [1.807, 2.05) is 13.8 Å². The molecule has 0 radical (unpaired) electrons. The SMILES string of the molecule is CC(C)c1cc(N2CCC(C(=O)O)(C(F)(F)F)C2)ncn1. The van der Waals surface area contributed by atoms with Gasteiger partial charge in [-0.3, -0.25) is 4.79 Å².